The number of aryl methyl sites for hydroxylation is 1. The van der Waals surface area contributed by atoms with E-state index in [1.165, 1.54) is 11.3 Å². The molecule has 31 heavy (non-hydrogen) atoms. The van der Waals surface area contributed by atoms with Crippen molar-refractivity contribution in [1.29, 1.82) is 0 Å². The number of hydrogen-bond donors (Lipinski definition) is 1. The van der Waals surface area contributed by atoms with Crippen LogP contribution in [0.3, 0.4) is 0 Å². The standard InChI is InChI=1S/C22H26ClN3O3S2/c1-15-7-8-19(31-15)22(29)26-12-10-25(11-13-26)21(28)18(9-14-30-2)24-20(27)16-5-3-4-6-17(16)23/h3-8,18H,9-14H2,1-2H3,(H,24,27). The number of thioether (sulfide) groups is 1. The summed E-state index contributed by atoms with van der Waals surface area (Å²) in [6.45, 7) is 3.84. The van der Waals surface area contributed by atoms with E-state index in [9.17, 15) is 14.4 Å². The Kier molecular flexibility index (Phi) is 8.40. The molecule has 0 aliphatic carbocycles. The number of hydrogen-bond acceptors (Lipinski definition) is 5. The molecule has 1 unspecified atom stereocenters. The summed E-state index contributed by atoms with van der Waals surface area (Å²) in [4.78, 5) is 43.9. The molecular weight excluding hydrogens is 454 g/mol. The molecule has 3 amide bonds. The second-order valence-electron chi connectivity index (χ2n) is 7.32. The van der Waals surface area contributed by atoms with Gasteiger partial charge in [0.05, 0.1) is 15.5 Å². The predicted octanol–water partition coefficient (Wildman–Crippen LogP) is 3.55. The summed E-state index contributed by atoms with van der Waals surface area (Å²) >= 11 is 9.24. The maximum atomic E-state index is 13.2. The van der Waals surface area contributed by atoms with E-state index in [4.69, 9.17) is 11.6 Å². The fourth-order valence-corrected chi connectivity index (χ4v) is 4.96. The molecule has 0 spiro atoms. The molecule has 3 rings (SSSR count). The SMILES string of the molecule is CSCCC(NC(=O)c1ccccc1Cl)C(=O)N1CCN(C(=O)c2ccc(C)s2)CC1. The highest BCUT2D eigenvalue weighted by molar-refractivity contribution is 7.98. The van der Waals surface area contributed by atoms with Crippen LogP contribution < -0.4 is 5.32 Å². The number of carbonyl (C=O) groups is 3. The smallest absolute Gasteiger partial charge is 0.264 e. The van der Waals surface area contributed by atoms with Crippen molar-refractivity contribution in [3.05, 3.63) is 56.7 Å². The van der Waals surface area contributed by atoms with E-state index < -0.39 is 6.04 Å². The molecule has 2 aromatic rings. The van der Waals surface area contributed by atoms with Crippen molar-refractivity contribution in [3.8, 4) is 0 Å². The maximum Gasteiger partial charge on any atom is 0.264 e. The summed E-state index contributed by atoms with van der Waals surface area (Å²) in [7, 11) is 0. The molecule has 1 atom stereocenters. The highest BCUT2D eigenvalue weighted by atomic mass is 35.5. The minimum absolute atomic E-state index is 0.0103. The molecule has 1 fully saturated rings. The number of amides is 3. The average molecular weight is 480 g/mol. The Bertz CT molecular complexity index is 942. The number of halogens is 1. The van der Waals surface area contributed by atoms with Crippen LogP contribution in [0.1, 0.15) is 31.3 Å². The summed E-state index contributed by atoms with van der Waals surface area (Å²) in [5, 5.41) is 3.22. The van der Waals surface area contributed by atoms with Gasteiger partial charge in [-0.15, -0.1) is 11.3 Å². The van der Waals surface area contributed by atoms with Crippen LogP contribution in [-0.4, -0.2) is 71.8 Å². The Hall–Kier alpha value is -2.03. The number of benzene rings is 1. The lowest BCUT2D eigenvalue weighted by Crippen LogP contribution is -2.56. The molecule has 0 bridgehead atoms. The topological polar surface area (TPSA) is 69.7 Å². The minimum atomic E-state index is -0.626. The molecule has 9 heteroatoms. The first-order valence-electron chi connectivity index (χ1n) is 10.1. The molecule has 1 aromatic heterocycles. The summed E-state index contributed by atoms with van der Waals surface area (Å²) in [6.07, 6.45) is 2.50. The van der Waals surface area contributed by atoms with Crippen molar-refractivity contribution in [2.24, 2.45) is 0 Å². The van der Waals surface area contributed by atoms with Gasteiger partial charge in [0.25, 0.3) is 11.8 Å². The Morgan fingerprint density at radius 3 is 2.39 bits per heavy atom. The third-order valence-corrected chi connectivity index (χ3v) is 7.12. The van der Waals surface area contributed by atoms with E-state index in [0.29, 0.717) is 43.2 Å². The Labute approximate surface area is 195 Å². The third kappa shape index (κ3) is 6.02. The number of piperazine rings is 1. The first-order chi connectivity index (χ1) is 14.9. The highest BCUT2D eigenvalue weighted by Crippen LogP contribution is 2.19. The Balaban J connectivity index is 1.62. The van der Waals surface area contributed by atoms with Crippen LogP contribution in [-0.2, 0) is 4.79 Å². The number of carbonyl (C=O) groups excluding carboxylic acids is 3. The van der Waals surface area contributed by atoms with Crippen LogP contribution in [0.25, 0.3) is 0 Å². The van der Waals surface area contributed by atoms with E-state index in [-0.39, 0.29) is 17.7 Å². The van der Waals surface area contributed by atoms with E-state index in [2.05, 4.69) is 5.32 Å². The molecule has 166 valence electrons. The minimum Gasteiger partial charge on any atom is -0.340 e. The van der Waals surface area contributed by atoms with Gasteiger partial charge in [0, 0.05) is 31.1 Å². The van der Waals surface area contributed by atoms with Crippen LogP contribution in [0.4, 0.5) is 0 Å². The van der Waals surface area contributed by atoms with E-state index in [0.717, 1.165) is 15.5 Å². The molecule has 1 N–H and O–H groups in total. The van der Waals surface area contributed by atoms with Gasteiger partial charge >= 0.3 is 0 Å². The van der Waals surface area contributed by atoms with Crippen molar-refractivity contribution in [3.63, 3.8) is 0 Å². The Morgan fingerprint density at radius 1 is 1.10 bits per heavy atom. The Morgan fingerprint density at radius 2 is 1.77 bits per heavy atom. The van der Waals surface area contributed by atoms with Crippen LogP contribution in [0.5, 0.6) is 0 Å². The maximum absolute atomic E-state index is 13.2. The summed E-state index contributed by atoms with van der Waals surface area (Å²) < 4.78 is 0. The van der Waals surface area contributed by atoms with Crippen molar-refractivity contribution >= 4 is 52.4 Å². The normalized spacial score (nSPS) is 14.9. The van der Waals surface area contributed by atoms with Crippen molar-refractivity contribution in [2.75, 3.05) is 38.2 Å². The van der Waals surface area contributed by atoms with Gasteiger partial charge in [0.15, 0.2) is 0 Å². The molecule has 1 aliphatic heterocycles. The fraction of sp³-hybridized carbons (Fsp3) is 0.409. The van der Waals surface area contributed by atoms with Gasteiger partial charge in [-0.3, -0.25) is 14.4 Å². The zero-order valence-electron chi connectivity index (χ0n) is 17.6. The van der Waals surface area contributed by atoms with Crippen LogP contribution in [0, 0.1) is 6.92 Å². The summed E-state index contributed by atoms with van der Waals surface area (Å²) in [6, 6.07) is 9.96. The average Bonchev–Trinajstić information content (AvgIpc) is 3.22. The molecule has 6 nitrogen and oxygen atoms in total. The highest BCUT2D eigenvalue weighted by Gasteiger charge is 2.30. The van der Waals surface area contributed by atoms with Gasteiger partial charge in [-0.2, -0.15) is 11.8 Å². The molecule has 0 radical (unpaired) electrons. The van der Waals surface area contributed by atoms with Crippen molar-refractivity contribution in [2.45, 2.75) is 19.4 Å². The largest absolute Gasteiger partial charge is 0.340 e. The lowest BCUT2D eigenvalue weighted by molar-refractivity contribution is -0.134. The fourth-order valence-electron chi connectivity index (χ4n) is 3.43. The summed E-state index contributed by atoms with van der Waals surface area (Å²) in [5.74, 6) is 0.284. The van der Waals surface area contributed by atoms with Crippen LogP contribution >= 0.6 is 34.7 Å². The van der Waals surface area contributed by atoms with Crippen molar-refractivity contribution < 1.29 is 14.4 Å². The van der Waals surface area contributed by atoms with Gasteiger partial charge in [0.2, 0.25) is 5.91 Å². The third-order valence-electron chi connectivity index (χ3n) is 5.16. The van der Waals surface area contributed by atoms with Crippen LogP contribution in [0.2, 0.25) is 5.02 Å². The number of nitrogens with zero attached hydrogens (tertiary/aromatic N) is 2. The molecule has 1 saturated heterocycles. The molecular formula is C22H26ClN3O3S2. The zero-order chi connectivity index (χ0) is 22.4. The lowest BCUT2D eigenvalue weighted by atomic mass is 10.1. The predicted molar refractivity (Wildman–Crippen MR) is 127 cm³/mol. The van der Waals surface area contributed by atoms with Gasteiger partial charge in [-0.1, -0.05) is 23.7 Å². The number of thiophene rings is 1. The lowest BCUT2D eigenvalue weighted by Gasteiger charge is -2.36. The first-order valence-corrected chi connectivity index (χ1v) is 12.7. The van der Waals surface area contributed by atoms with Crippen molar-refractivity contribution in [1.82, 2.24) is 15.1 Å². The number of nitrogens with one attached hydrogen (secondary N) is 1. The molecule has 0 saturated carbocycles. The quantitative estimate of drug-likeness (QED) is 0.659. The van der Waals surface area contributed by atoms with E-state index in [1.54, 1.807) is 45.8 Å². The monoisotopic (exact) mass is 479 g/mol. The second kappa shape index (κ2) is 11.0. The van der Waals surface area contributed by atoms with Crippen LogP contribution in [0.15, 0.2) is 36.4 Å². The molecule has 1 aromatic carbocycles. The van der Waals surface area contributed by atoms with E-state index >= 15 is 0 Å². The first kappa shape index (κ1) is 23.6. The molecule has 1 aliphatic rings. The van der Waals surface area contributed by atoms with Gasteiger partial charge in [-0.05, 0) is 49.6 Å². The second-order valence-corrected chi connectivity index (χ2v) is 10.00. The number of rotatable bonds is 7. The van der Waals surface area contributed by atoms with Gasteiger partial charge in [-0.25, -0.2) is 0 Å². The van der Waals surface area contributed by atoms with Gasteiger partial charge in [0.1, 0.15) is 6.04 Å². The van der Waals surface area contributed by atoms with Gasteiger partial charge < -0.3 is 15.1 Å². The zero-order valence-corrected chi connectivity index (χ0v) is 20.0. The molecule has 2 heterocycles. The summed E-state index contributed by atoms with van der Waals surface area (Å²) in [5.41, 5.74) is 0.354. The van der Waals surface area contributed by atoms with E-state index in [1.807, 2.05) is 25.3 Å².